The Labute approximate surface area is 42.8 Å². The van der Waals surface area contributed by atoms with Crippen molar-refractivity contribution in [2.75, 3.05) is 0 Å². The van der Waals surface area contributed by atoms with Crippen molar-refractivity contribution in [3.8, 4) is 0 Å². The van der Waals surface area contributed by atoms with Crippen LogP contribution in [-0.4, -0.2) is 0 Å². The summed E-state index contributed by atoms with van der Waals surface area (Å²) in [5.41, 5.74) is 2.72. The zero-order valence-electron chi connectivity index (χ0n) is 4.02. The second-order valence-corrected chi connectivity index (χ2v) is 2.05. The molecule has 2 aliphatic carbocycles. The molecule has 0 nitrogen and oxygen atoms in total. The van der Waals surface area contributed by atoms with Gasteiger partial charge in [0, 0.05) is 5.92 Å². The third-order valence-corrected chi connectivity index (χ3v) is 1.50. The van der Waals surface area contributed by atoms with Gasteiger partial charge in [0.2, 0.25) is 0 Å². The van der Waals surface area contributed by atoms with E-state index in [0.29, 0.717) is 5.92 Å². The van der Waals surface area contributed by atoms with E-state index in [-0.39, 0.29) is 0 Å². The minimum Gasteiger partial charge on any atom is -0.0949 e. The van der Waals surface area contributed by atoms with E-state index in [9.17, 15) is 0 Å². The maximum Gasteiger partial charge on any atom is 0.0266 e. The van der Waals surface area contributed by atoms with Gasteiger partial charge < -0.3 is 0 Å². The lowest BCUT2D eigenvalue weighted by atomic mass is 10.2. The molecule has 0 aromatic heterocycles. The van der Waals surface area contributed by atoms with Gasteiger partial charge in [-0.05, 0) is 11.1 Å². The Kier molecular flexibility index (Phi) is 0.343. The monoisotopic (exact) mass is 90.0 g/mol. The topological polar surface area (TPSA) is 0 Å². The van der Waals surface area contributed by atoms with Crippen molar-refractivity contribution in [3.05, 3.63) is 36.0 Å². The van der Waals surface area contributed by atoms with E-state index in [1.54, 1.807) is 0 Å². The third-order valence-electron chi connectivity index (χ3n) is 1.50. The first-order valence-electron chi connectivity index (χ1n) is 2.46. The fourth-order valence-corrected chi connectivity index (χ4v) is 0.932. The lowest BCUT2D eigenvalue weighted by molar-refractivity contribution is 1.17. The highest BCUT2D eigenvalue weighted by Crippen LogP contribution is 2.41. The van der Waals surface area contributed by atoms with Gasteiger partial charge in [0.05, 0.1) is 0 Å². The summed E-state index contributed by atoms with van der Waals surface area (Å²) in [6.45, 7) is 3.84. The highest BCUT2D eigenvalue weighted by atomic mass is 14.3. The van der Waals surface area contributed by atoms with E-state index >= 15 is 0 Å². The van der Waals surface area contributed by atoms with Crippen LogP contribution >= 0.6 is 0 Å². The Morgan fingerprint density at radius 3 is 2.43 bits per heavy atom. The summed E-state index contributed by atoms with van der Waals surface area (Å²) in [6, 6.07) is 0. The van der Waals surface area contributed by atoms with Crippen LogP contribution in [0.15, 0.2) is 36.0 Å². The molecule has 7 heavy (non-hydrogen) atoms. The zero-order valence-corrected chi connectivity index (χ0v) is 4.02. The first-order valence-corrected chi connectivity index (χ1v) is 2.46. The molecule has 0 saturated carbocycles. The van der Waals surface area contributed by atoms with Crippen molar-refractivity contribution in [2.45, 2.75) is 0 Å². The van der Waals surface area contributed by atoms with E-state index < -0.39 is 0 Å². The molecule has 0 heterocycles. The van der Waals surface area contributed by atoms with Crippen LogP contribution in [0, 0.1) is 5.92 Å². The van der Waals surface area contributed by atoms with E-state index in [0.717, 1.165) is 0 Å². The molecular weight excluding hydrogens is 84.1 g/mol. The Hall–Kier alpha value is -0.780. The quantitative estimate of drug-likeness (QED) is 0.424. The summed E-state index contributed by atoms with van der Waals surface area (Å²) in [7, 11) is 0. The van der Waals surface area contributed by atoms with Gasteiger partial charge in [-0.2, -0.15) is 0 Å². The lowest BCUT2D eigenvalue weighted by Gasteiger charge is -1.84. The van der Waals surface area contributed by atoms with E-state index in [1.807, 2.05) is 0 Å². The number of hydrogen-bond acceptors (Lipinski definition) is 0. The molecule has 1 atom stereocenters. The normalized spacial score (nSPS) is 32.9. The molecule has 0 radical (unpaired) electrons. The molecule has 0 bridgehead atoms. The average molecular weight is 90.1 g/mol. The second-order valence-electron chi connectivity index (χ2n) is 2.05. The fourth-order valence-electron chi connectivity index (χ4n) is 0.932. The summed E-state index contributed by atoms with van der Waals surface area (Å²) in [5.74, 6) is 0.667. The summed E-state index contributed by atoms with van der Waals surface area (Å²) >= 11 is 0. The summed E-state index contributed by atoms with van der Waals surface area (Å²) in [4.78, 5) is 0. The van der Waals surface area contributed by atoms with Crippen LogP contribution in [0.4, 0.5) is 0 Å². The van der Waals surface area contributed by atoms with Gasteiger partial charge in [-0.15, -0.1) is 0 Å². The molecule has 0 heteroatoms. The smallest absolute Gasteiger partial charge is 0.0266 e. The van der Waals surface area contributed by atoms with Gasteiger partial charge in [0.15, 0.2) is 0 Å². The van der Waals surface area contributed by atoms with Crippen LogP contribution in [-0.2, 0) is 0 Å². The first kappa shape index (κ1) is 3.25. The average Bonchev–Trinajstić information content (AvgIpc) is 2.33. The summed E-state index contributed by atoms with van der Waals surface area (Å²) in [5, 5.41) is 0. The molecule has 34 valence electrons. The molecule has 2 aliphatic rings. The summed E-state index contributed by atoms with van der Waals surface area (Å²) in [6.07, 6.45) is 6.44. The maximum absolute atomic E-state index is 3.84. The molecule has 0 amide bonds. The highest BCUT2D eigenvalue weighted by molar-refractivity contribution is 5.56. The Bertz CT molecular complexity index is 182. The lowest BCUT2D eigenvalue weighted by Crippen LogP contribution is -1.71. The molecule has 0 aromatic rings. The number of hydrogen-bond donors (Lipinski definition) is 0. The predicted molar refractivity (Wildman–Crippen MR) is 29.9 cm³/mol. The van der Waals surface area contributed by atoms with Crippen LogP contribution in [0.1, 0.15) is 0 Å². The van der Waals surface area contributed by atoms with E-state index in [2.05, 4.69) is 24.8 Å². The van der Waals surface area contributed by atoms with Crippen molar-refractivity contribution >= 4 is 0 Å². The maximum atomic E-state index is 3.84. The minimum atomic E-state index is 0.667. The zero-order chi connectivity index (χ0) is 4.85. The van der Waals surface area contributed by atoms with Crippen LogP contribution < -0.4 is 0 Å². The molecular formula is C7H6. The predicted octanol–water partition coefficient (Wildman–Crippen LogP) is 1.67. The third kappa shape index (κ3) is 0.268. The van der Waals surface area contributed by atoms with Crippen molar-refractivity contribution in [3.63, 3.8) is 0 Å². The van der Waals surface area contributed by atoms with E-state index in [4.69, 9.17) is 0 Å². The molecule has 0 saturated heterocycles. The number of rotatable bonds is 0. The number of fused-ring (bicyclic) bond motifs is 1. The van der Waals surface area contributed by atoms with Gasteiger partial charge in [-0.1, -0.05) is 24.8 Å². The Balaban J connectivity index is 2.47. The van der Waals surface area contributed by atoms with Crippen molar-refractivity contribution in [2.24, 2.45) is 5.92 Å². The van der Waals surface area contributed by atoms with Crippen molar-refractivity contribution < 1.29 is 0 Å². The molecule has 2 rings (SSSR count). The Morgan fingerprint density at radius 2 is 2.29 bits per heavy atom. The molecule has 0 aliphatic heterocycles. The molecule has 0 aromatic carbocycles. The molecule has 1 unspecified atom stereocenters. The van der Waals surface area contributed by atoms with Gasteiger partial charge >= 0.3 is 0 Å². The second kappa shape index (κ2) is 0.738. The van der Waals surface area contributed by atoms with Crippen LogP contribution in [0.25, 0.3) is 0 Å². The molecule has 0 fully saturated rings. The van der Waals surface area contributed by atoms with Crippen LogP contribution in [0.5, 0.6) is 0 Å². The Morgan fingerprint density at radius 1 is 1.43 bits per heavy atom. The standard InChI is InChI=1S/C7H6/c1-5-2-3-6-4-7(5)6/h2-4,7H,1H2. The van der Waals surface area contributed by atoms with Crippen LogP contribution in [0.3, 0.4) is 0 Å². The van der Waals surface area contributed by atoms with Gasteiger partial charge in [0.25, 0.3) is 0 Å². The minimum absolute atomic E-state index is 0.667. The van der Waals surface area contributed by atoms with E-state index in [1.165, 1.54) is 11.1 Å². The largest absolute Gasteiger partial charge is 0.0949 e. The summed E-state index contributed by atoms with van der Waals surface area (Å²) < 4.78 is 0. The van der Waals surface area contributed by atoms with Gasteiger partial charge in [-0.3, -0.25) is 0 Å². The highest BCUT2D eigenvalue weighted by Gasteiger charge is 2.27. The molecule has 0 spiro atoms. The van der Waals surface area contributed by atoms with Crippen molar-refractivity contribution in [1.82, 2.24) is 0 Å². The molecule has 0 N–H and O–H groups in total. The van der Waals surface area contributed by atoms with Crippen LogP contribution in [0.2, 0.25) is 0 Å². The SMILES string of the molecule is C=C1C=CC2=CC12. The van der Waals surface area contributed by atoms with Gasteiger partial charge in [-0.25, -0.2) is 0 Å². The van der Waals surface area contributed by atoms with Crippen molar-refractivity contribution in [1.29, 1.82) is 0 Å². The van der Waals surface area contributed by atoms with Gasteiger partial charge in [0.1, 0.15) is 0 Å². The first-order chi connectivity index (χ1) is 3.38. The fraction of sp³-hybridized carbons (Fsp3) is 0.143. The number of allylic oxidation sites excluding steroid dienone is 5.